The lowest BCUT2D eigenvalue weighted by molar-refractivity contribution is -0.385. The Balaban J connectivity index is 1.53. The van der Waals surface area contributed by atoms with E-state index in [1.54, 1.807) is 24.3 Å². The van der Waals surface area contributed by atoms with Crippen molar-refractivity contribution in [3.8, 4) is 17.2 Å². The number of hydrogen-bond acceptors (Lipinski definition) is 8. The largest absolute Gasteiger partial charge is 0.497 e. The van der Waals surface area contributed by atoms with Gasteiger partial charge in [0.05, 0.1) is 24.7 Å². The Morgan fingerprint density at radius 3 is 2.38 bits per heavy atom. The van der Waals surface area contributed by atoms with Crippen LogP contribution < -0.4 is 19.5 Å². The first-order chi connectivity index (χ1) is 16.4. The third-order valence-electron chi connectivity index (χ3n) is 4.65. The number of benzene rings is 3. The first kappa shape index (κ1) is 24.1. The molecule has 0 heterocycles. The van der Waals surface area contributed by atoms with Crippen LogP contribution >= 0.6 is 0 Å². The number of amides is 1. The smallest absolute Gasteiger partial charge is 0.338 e. The number of nitrogens with zero attached hydrogens (tertiary/aromatic N) is 1. The average molecular weight is 466 g/mol. The van der Waals surface area contributed by atoms with E-state index in [-0.39, 0.29) is 30.4 Å². The van der Waals surface area contributed by atoms with E-state index in [4.69, 9.17) is 18.9 Å². The lowest BCUT2D eigenvalue weighted by Gasteiger charge is -2.10. The minimum absolute atomic E-state index is 0.135. The predicted octanol–water partition coefficient (Wildman–Crippen LogP) is 3.99. The predicted molar refractivity (Wildman–Crippen MR) is 122 cm³/mol. The molecule has 0 aliphatic rings. The van der Waals surface area contributed by atoms with Crippen LogP contribution in [0.15, 0.2) is 66.7 Å². The number of esters is 1. The van der Waals surface area contributed by atoms with Gasteiger partial charge in [0.15, 0.2) is 6.61 Å². The van der Waals surface area contributed by atoms with Gasteiger partial charge < -0.3 is 24.3 Å². The van der Waals surface area contributed by atoms with E-state index in [1.807, 2.05) is 0 Å². The highest BCUT2D eigenvalue weighted by Crippen LogP contribution is 2.25. The summed E-state index contributed by atoms with van der Waals surface area (Å²) >= 11 is 0. The molecule has 176 valence electrons. The molecule has 34 heavy (non-hydrogen) atoms. The van der Waals surface area contributed by atoms with Crippen molar-refractivity contribution in [2.75, 3.05) is 26.1 Å². The molecule has 0 spiro atoms. The number of carbonyl (C=O) groups excluding carboxylic acids is 2. The van der Waals surface area contributed by atoms with E-state index in [0.717, 1.165) is 0 Å². The maximum atomic E-state index is 12.4. The van der Waals surface area contributed by atoms with E-state index in [9.17, 15) is 19.7 Å². The van der Waals surface area contributed by atoms with Crippen LogP contribution in [0.1, 0.15) is 15.9 Å². The zero-order chi connectivity index (χ0) is 24.5. The third-order valence-corrected chi connectivity index (χ3v) is 4.65. The fourth-order valence-corrected chi connectivity index (χ4v) is 2.95. The number of nitro benzene ring substituents is 1. The first-order valence-corrected chi connectivity index (χ1v) is 10.0. The van der Waals surface area contributed by atoms with Gasteiger partial charge in [-0.25, -0.2) is 4.79 Å². The van der Waals surface area contributed by atoms with Gasteiger partial charge in [0, 0.05) is 29.4 Å². The molecule has 3 aromatic carbocycles. The number of non-ortho nitro benzene ring substituents is 1. The summed E-state index contributed by atoms with van der Waals surface area (Å²) in [6, 6.07) is 17.0. The summed E-state index contributed by atoms with van der Waals surface area (Å²) in [7, 11) is 2.95. The molecule has 1 N–H and O–H groups in total. The van der Waals surface area contributed by atoms with Crippen molar-refractivity contribution in [2.45, 2.75) is 6.61 Å². The maximum absolute atomic E-state index is 12.4. The van der Waals surface area contributed by atoms with Crippen molar-refractivity contribution in [3.63, 3.8) is 0 Å². The van der Waals surface area contributed by atoms with E-state index in [0.29, 0.717) is 28.5 Å². The highest BCUT2D eigenvalue weighted by atomic mass is 16.6. The van der Waals surface area contributed by atoms with E-state index in [2.05, 4.69) is 5.32 Å². The topological polar surface area (TPSA) is 126 Å². The van der Waals surface area contributed by atoms with Gasteiger partial charge in [-0.05, 0) is 42.5 Å². The van der Waals surface area contributed by atoms with E-state index < -0.39 is 10.9 Å². The molecule has 0 bridgehead atoms. The number of nitro groups is 1. The molecule has 10 heteroatoms. The molecule has 3 rings (SSSR count). The number of carbonyl (C=O) groups is 2. The zero-order valence-corrected chi connectivity index (χ0v) is 18.5. The van der Waals surface area contributed by atoms with Crippen LogP contribution in [-0.4, -0.2) is 37.6 Å². The Morgan fingerprint density at radius 1 is 0.941 bits per heavy atom. The Bertz CT molecular complexity index is 1180. The van der Waals surface area contributed by atoms with Crippen LogP contribution in [0, 0.1) is 10.1 Å². The van der Waals surface area contributed by atoms with Gasteiger partial charge in [-0.3, -0.25) is 14.9 Å². The quantitative estimate of drug-likeness (QED) is 0.270. The Labute approximate surface area is 195 Å². The first-order valence-electron chi connectivity index (χ1n) is 10.0. The van der Waals surface area contributed by atoms with Gasteiger partial charge in [0.25, 0.3) is 11.6 Å². The third kappa shape index (κ3) is 6.45. The number of nitrogens with one attached hydrogen (secondary N) is 1. The zero-order valence-electron chi connectivity index (χ0n) is 18.5. The fourth-order valence-electron chi connectivity index (χ4n) is 2.95. The molecule has 1 amide bonds. The number of methoxy groups -OCH3 is 2. The lowest BCUT2D eigenvalue weighted by atomic mass is 10.2. The van der Waals surface area contributed by atoms with Crippen molar-refractivity contribution in [1.29, 1.82) is 0 Å². The van der Waals surface area contributed by atoms with Crippen molar-refractivity contribution in [3.05, 3.63) is 88.0 Å². The molecular weight excluding hydrogens is 444 g/mol. The molecule has 10 nitrogen and oxygen atoms in total. The molecule has 0 aliphatic carbocycles. The number of anilines is 1. The Morgan fingerprint density at radius 2 is 1.71 bits per heavy atom. The standard InChI is InChI=1S/C24H22N2O8/c1-31-21-5-3-4-18(13-21)25-23(27)15-33-20-9-6-16(7-10-20)24(28)34-14-17-12-19(26(29)30)8-11-22(17)32-2/h3-13H,14-15H2,1-2H3,(H,25,27). The van der Waals surface area contributed by atoms with E-state index in [1.165, 1.54) is 56.7 Å². The molecule has 0 radical (unpaired) electrons. The highest BCUT2D eigenvalue weighted by molar-refractivity contribution is 5.92. The van der Waals surface area contributed by atoms with Gasteiger partial charge in [-0.1, -0.05) is 6.07 Å². The second-order valence-electron chi connectivity index (χ2n) is 6.92. The summed E-state index contributed by atoms with van der Waals surface area (Å²) in [6.45, 7) is -0.431. The minimum atomic E-state index is -0.629. The Kier molecular flexibility index (Phi) is 8.01. The molecule has 0 fully saturated rings. The second kappa shape index (κ2) is 11.3. The average Bonchev–Trinajstić information content (AvgIpc) is 2.86. The molecule has 3 aromatic rings. The number of ether oxygens (including phenoxy) is 4. The van der Waals surface area contributed by atoms with Gasteiger partial charge >= 0.3 is 5.97 Å². The van der Waals surface area contributed by atoms with Crippen molar-refractivity contribution in [1.82, 2.24) is 0 Å². The summed E-state index contributed by atoms with van der Waals surface area (Å²) < 4.78 is 21.0. The summed E-state index contributed by atoms with van der Waals surface area (Å²) in [5.41, 5.74) is 1.06. The van der Waals surface area contributed by atoms with Gasteiger partial charge in [0.2, 0.25) is 0 Å². The van der Waals surface area contributed by atoms with Crippen molar-refractivity contribution < 1.29 is 33.5 Å². The summed E-state index contributed by atoms with van der Waals surface area (Å²) in [4.78, 5) is 34.9. The minimum Gasteiger partial charge on any atom is -0.497 e. The second-order valence-corrected chi connectivity index (χ2v) is 6.92. The molecular formula is C24H22N2O8. The lowest BCUT2D eigenvalue weighted by Crippen LogP contribution is -2.20. The maximum Gasteiger partial charge on any atom is 0.338 e. The summed E-state index contributed by atoms with van der Waals surface area (Å²) in [5, 5.41) is 13.7. The SMILES string of the molecule is COc1cccc(NC(=O)COc2ccc(C(=O)OCc3cc([N+](=O)[O-])ccc3OC)cc2)c1. The fraction of sp³-hybridized carbons (Fsp3) is 0.167. The molecule has 0 saturated carbocycles. The summed E-state index contributed by atoms with van der Waals surface area (Å²) in [5.74, 6) is 0.385. The van der Waals surface area contributed by atoms with Crippen LogP contribution in [0.25, 0.3) is 0 Å². The molecule has 0 unspecified atom stereocenters. The van der Waals surface area contributed by atoms with Crippen LogP contribution in [0.3, 0.4) is 0 Å². The van der Waals surface area contributed by atoms with Crippen LogP contribution in [-0.2, 0) is 16.1 Å². The monoisotopic (exact) mass is 466 g/mol. The van der Waals surface area contributed by atoms with Crippen molar-refractivity contribution in [2.24, 2.45) is 0 Å². The van der Waals surface area contributed by atoms with Crippen LogP contribution in [0.5, 0.6) is 17.2 Å². The van der Waals surface area contributed by atoms with Crippen molar-refractivity contribution >= 4 is 23.3 Å². The highest BCUT2D eigenvalue weighted by Gasteiger charge is 2.14. The van der Waals surface area contributed by atoms with Gasteiger partial charge in [0.1, 0.15) is 23.9 Å². The molecule has 0 atom stereocenters. The molecule has 0 aliphatic heterocycles. The van der Waals surface area contributed by atoms with E-state index >= 15 is 0 Å². The molecule has 0 aromatic heterocycles. The molecule has 0 saturated heterocycles. The number of rotatable bonds is 10. The normalized spacial score (nSPS) is 10.2. The summed E-state index contributed by atoms with van der Waals surface area (Å²) in [6.07, 6.45) is 0. The van der Waals surface area contributed by atoms with Gasteiger partial charge in [-0.2, -0.15) is 0 Å². The van der Waals surface area contributed by atoms with Gasteiger partial charge in [-0.15, -0.1) is 0 Å². The Hall–Kier alpha value is -4.60. The number of hydrogen-bond donors (Lipinski definition) is 1. The van der Waals surface area contributed by atoms with Crippen LogP contribution in [0.2, 0.25) is 0 Å². The van der Waals surface area contributed by atoms with Crippen LogP contribution in [0.4, 0.5) is 11.4 Å².